The molecule has 1 aliphatic rings. The summed E-state index contributed by atoms with van der Waals surface area (Å²) in [6, 6.07) is 7.21. The van der Waals surface area contributed by atoms with Crippen LogP contribution in [0.5, 0.6) is 0 Å². The molecule has 108 valence electrons. The summed E-state index contributed by atoms with van der Waals surface area (Å²) in [4.78, 5) is 25.0. The lowest BCUT2D eigenvalue weighted by Gasteiger charge is -2.15. The third kappa shape index (κ3) is 3.87. The van der Waals surface area contributed by atoms with Crippen LogP contribution in [0.15, 0.2) is 24.3 Å². The van der Waals surface area contributed by atoms with Crippen LogP contribution in [0.3, 0.4) is 0 Å². The zero-order valence-electron chi connectivity index (χ0n) is 11.2. The number of anilines is 2. The number of halogens is 1. The van der Waals surface area contributed by atoms with Gasteiger partial charge in [0, 0.05) is 36.8 Å². The van der Waals surface area contributed by atoms with Gasteiger partial charge in [0.15, 0.2) is 0 Å². The lowest BCUT2D eigenvalue weighted by atomic mass is 10.2. The third-order valence-electron chi connectivity index (χ3n) is 3.09. The minimum Gasteiger partial charge on any atom is -0.336 e. The summed E-state index contributed by atoms with van der Waals surface area (Å²) in [5.74, 6) is 0.547. The zero-order valence-corrected chi connectivity index (χ0v) is 11.9. The highest BCUT2D eigenvalue weighted by Gasteiger charge is 2.21. The van der Waals surface area contributed by atoms with E-state index in [1.807, 2.05) is 24.3 Å². The van der Waals surface area contributed by atoms with Crippen molar-refractivity contribution in [2.24, 2.45) is 0 Å². The molecule has 2 rings (SSSR count). The number of alkyl halides is 1. The topological polar surface area (TPSA) is 61.4 Å². The van der Waals surface area contributed by atoms with E-state index in [9.17, 15) is 9.59 Å². The van der Waals surface area contributed by atoms with Gasteiger partial charge in [0.1, 0.15) is 0 Å². The van der Waals surface area contributed by atoms with Gasteiger partial charge in [0.05, 0.1) is 0 Å². The number of carbonyl (C=O) groups excluding carboxylic acids is 2. The molecule has 0 spiro atoms. The smallest absolute Gasteiger partial charge is 0.321 e. The van der Waals surface area contributed by atoms with E-state index in [1.165, 1.54) is 0 Å². The maximum absolute atomic E-state index is 11.7. The Morgan fingerprint density at radius 3 is 2.95 bits per heavy atom. The Morgan fingerprint density at radius 2 is 2.25 bits per heavy atom. The van der Waals surface area contributed by atoms with Gasteiger partial charge in [-0.3, -0.25) is 9.69 Å². The molecule has 0 aromatic heterocycles. The number of hydrogen-bond donors (Lipinski definition) is 2. The van der Waals surface area contributed by atoms with Gasteiger partial charge in [-0.05, 0) is 31.0 Å². The van der Waals surface area contributed by atoms with Gasteiger partial charge < -0.3 is 10.6 Å². The van der Waals surface area contributed by atoms with Crippen LogP contribution in [0, 0.1) is 0 Å². The Morgan fingerprint density at radius 1 is 1.40 bits per heavy atom. The molecule has 1 fully saturated rings. The molecule has 0 aliphatic carbocycles. The van der Waals surface area contributed by atoms with E-state index in [0.29, 0.717) is 31.1 Å². The maximum Gasteiger partial charge on any atom is 0.321 e. The van der Waals surface area contributed by atoms with E-state index >= 15 is 0 Å². The van der Waals surface area contributed by atoms with Gasteiger partial charge in [-0.2, -0.15) is 0 Å². The second-order valence-electron chi connectivity index (χ2n) is 4.63. The summed E-state index contributed by atoms with van der Waals surface area (Å²) < 4.78 is 0. The standard InChI is InChI=1S/C14H18ClN3O2/c15-7-2-1-6-13(19)17-11-4-3-5-12(10-11)18-9-8-16-14(18)20/h3-5,10H,1-2,6-9H2,(H,16,20)(H,17,19). The average molecular weight is 296 g/mol. The number of urea groups is 1. The highest BCUT2D eigenvalue weighted by molar-refractivity contribution is 6.17. The first-order chi connectivity index (χ1) is 9.70. The van der Waals surface area contributed by atoms with Crippen molar-refractivity contribution >= 4 is 34.9 Å². The van der Waals surface area contributed by atoms with Crippen LogP contribution < -0.4 is 15.5 Å². The zero-order chi connectivity index (χ0) is 14.4. The number of unbranched alkanes of at least 4 members (excludes halogenated alkanes) is 1. The number of benzene rings is 1. The molecule has 0 radical (unpaired) electrons. The predicted octanol–water partition coefficient (Wildman–Crippen LogP) is 2.56. The van der Waals surface area contributed by atoms with Crippen LogP contribution in [0.25, 0.3) is 0 Å². The molecule has 0 saturated carbocycles. The van der Waals surface area contributed by atoms with Gasteiger partial charge in [-0.25, -0.2) is 4.79 Å². The SMILES string of the molecule is O=C(CCCCCl)Nc1cccc(N2CCNC2=O)c1. The largest absolute Gasteiger partial charge is 0.336 e. The number of nitrogens with one attached hydrogen (secondary N) is 2. The van der Waals surface area contributed by atoms with Crippen molar-refractivity contribution in [1.29, 1.82) is 0 Å². The monoisotopic (exact) mass is 295 g/mol. The van der Waals surface area contributed by atoms with E-state index in [-0.39, 0.29) is 11.9 Å². The minimum atomic E-state index is -0.101. The number of amides is 3. The number of rotatable bonds is 6. The molecule has 1 heterocycles. The third-order valence-corrected chi connectivity index (χ3v) is 3.35. The first-order valence-electron chi connectivity index (χ1n) is 6.72. The Balaban J connectivity index is 1.95. The fourth-order valence-corrected chi connectivity index (χ4v) is 2.26. The van der Waals surface area contributed by atoms with Crippen molar-refractivity contribution in [3.63, 3.8) is 0 Å². The fourth-order valence-electron chi connectivity index (χ4n) is 2.07. The molecule has 1 saturated heterocycles. The molecule has 0 unspecified atom stereocenters. The lowest BCUT2D eigenvalue weighted by Crippen LogP contribution is -2.27. The quantitative estimate of drug-likeness (QED) is 0.626. The minimum absolute atomic E-state index is 0.0295. The number of nitrogens with zero attached hydrogens (tertiary/aromatic N) is 1. The van der Waals surface area contributed by atoms with Crippen LogP contribution in [0.1, 0.15) is 19.3 Å². The highest BCUT2D eigenvalue weighted by Crippen LogP contribution is 2.21. The summed E-state index contributed by atoms with van der Waals surface area (Å²) in [5, 5.41) is 5.59. The maximum atomic E-state index is 11.7. The van der Waals surface area contributed by atoms with Crippen LogP contribution in [0.4, 0.5) is 16.2 Å². The Hall–Kier alpha value is -1.75. The lowest BCUT2D eigenvalue weighted by molar-refractivity contribution is -0.116. The van der Waals surface area contributed by atoms with Crippen molar-refractivity contribution in [2.45, 2.75) is 19.3 Å². The van der Waals surface area contributed by atoms with Crippen molar-refractivity contribution < 1.29 is 9.59 Å². The van der Waals surface area contributed by atoms with Gasteiger partial charge in [0.2, 0.25) is 5.91 Å². The predicted molar refractivity (Wildman–Crippen MR) is 80.4 cm³/mol. The van der Waals surface area contributed by atoms with Crippen molar-refractivity contribution in [3.8, 4) is 0 Å². The van der Waals surface area contributed by atoms with E-state index < -0.39 is 0 Å². The van der Waals surface area contributed by atoms with Crippen LogP contribution in [-0.2, 0) is 4.79 Å². The summed E-state index contributed by atoms with van der Waals surface area (Å²) in [7, 11) is 0. The molecule has 1 aliphatic heterocycles. The molecule has 6 heteroatoms. The molecule has 20 heavy (non-hydrogen) atoms. The molecule has 3 amide bonds. The number of hydrogen-bond acceptors (Lipinski definition) is 2. The molecule has 1 aromatic carbocycles. The Bertz CT molecular complexity index is 493. The summed E-state index contributed by atoms with van der Waals surface area (Å²) in [6.45, 7) is 1.29. The van der Waals surface area contributed by atoms with Gasteiger partial charge >= 0.3 is 6.03 Å². The molecular formula is C14H18ClN3O2. The summed E-state index contributed by atoms with van der Waals surface area (Å²) in [5.41, 5.74) is 1.50. The van der Waals surface area contributed by atoms with Crippen molar-refractivity contribution in [3.05, 3.63) is 24.3 Å². The van der Waals surface area contributed by atoms with Crippen molar-refractivity contribution in [2.75, 3.05) is 29.2 Å². The summed E-state index contributed by atoms with van der Waals surface area (Å²) in [6.07, 6.45) is 2.08. The number of carbonyl (C=O) groups is 2. The Labute approximate surface area is 123 Å². The molecule has 5 nitrogen and oxygen atoms in total. The molecule has 0 bridgehead atoms. The van der Waals surface area contributed by atoms with E-state index in [1.54, 1.807) is 4.90 Å². The average Bonchev–Trinajstić information content (AvgIpc) is 2.85. The van der Waals surface area contributed by atoms with E-state index in [0.717, 1.165) is 18.5 Å². The second-order valence-corrected chi connectivity index (χ2v) is 5.01. The van der Waals surface area contributed by atoms with E-state index in [2.05, 4.69) is 10.6 Å². The fraction of sp³-hybridized carbons (Fsp3) is 0.429. The van der Waals surface area contributed by atoms with Gasteiger partial charge in [0.25, 0.3) is 0 Å². The van der Waals surface area contributed by atoms with Gasteiger partial charge in [-0.1, -0.05) is 6.07 Å². The van der Waals surface area contributed by atoms with Crippen molar-refractivity contribution in [1.82, 2.24) is 5.32 Å². The van der Waals surface area contributed by atoms with Crippen LogP contribution >= 0.6 is 11.6 Å². The van der Waals surface area contributed by atoms with Crippen LogP contribution in [0.2, 0.25) is 0 Å². The molecule has 1 aromatic rings. The molecular weight excluding hydrogens is 278 g/mol. The normalized spacial score (nSPS) is 14.2. The molecule has 2 N–H and O–H groups in total. The highest BCUT2D eigenvalue weighted by atomic mass is 35.5. The second kappa shape index (κ2) is 7.14. The molecule has 0 atom stereocenters. The van der Waals surface area contributed by atoms with Gasteiger partial charge in [-0.15, -0.1) is 11.6 Å². The first-order valence-corrected chi connectivity index (χ1v) is 7.25. The summed E-state index contributed by atoms with van der Waals surface area (Å²) >= 11 is 5.58. The van der Waals surface area contributed by atoms with E-state index in [4.69, 9.17) is 11.6 Å². The first kappa shape index (κ1) is 14.7. The van der Waals surface area contributed by atoms with Crippen LogP contribution in [-0.4, -0.2) is 30.9 Å². The Kier molecular flexibility index (Phi) is 5.24.